The van der Waals surface area contributed by atoms with E-state index in [2.05, 4.69) is 0 Å². The van der Waals surface area contributed by atoms with Gasteiger partial charge in [-0.3, -0.25) is 4.79 Å². The summed E-state index contributed by atoms with van der Waals surface area (Å²) in [4.78, 5) is 13.0. The highest BCUT2D eigenvalue weighted by atomic mass is 16.5. The summed E-state index contributed by atoms with van der Waals surface area (Å²) in [7, 11) is 0. The van der Waals surface area contributed by atoms with Gasteiger partial charge in [0, 0.05) is 12.1 Å². The number of fused-ring (bicyclic) bond motifs is 1. The quantitative estimate of drug-likeness (QED) is 0.693. The molecular weight excluding hydrogens is 262 g/mol. The Hall–Kier alpha value is -2.29. The molecule has 3 nitrogen and oxygen atoms in total. The molecule has 0 radical (unpaired) electrons. The molecule has 2 aromatic rings. The van der Waals surface area contributed by atoms with Crippen LogP contribution in [0.3, 0.4) is 0 Å². The number of anilines is 1. The number of carbonyl (C=O) groups excluding carboxylic acids is 1. The van der Waals surface area contributed by atoms with Crippen LogP contribution in [0, 0.1) is 0 Å². The number of hydrogen-bond acceptors (Lipinski definition) is 3. The molecule has 1 aliphatic heterocycles. The Balaban J connectivity index is 2.01. The molecule has 2 N–H and O–H groups in total. The van der Waals surface area contributed by atoms with Crippen molar-refractivity contribution in [3.8, 4) is 5.75 Å². The third-order valence-electron chi connectivity index (χ3n) is 4.16. The fourth-order valence-electron chi connectivity index (χ4n) is 2.76. The molecule has 21 heavy (non-hydrogen) atoms. The van der Waals surface area contributed by atoms with Gasteiger partial charge in [-0.25, -0.2) is 0 Å². The average molecular weight is 281 g/mol. The number of rotatable bonds is 3. The van der Waals surface area contributed by atoms with E-state index in [1.807, 2.05) is 56.3 Å². The summed E-state index contributed by atoms with van der Waals surface area (Å²) in [5.74, 6) is 0.831. The van der Waals surface area contributed by atoms with E-state index in [9.17, 15) is 4.79 Å². The molecule has 1 aliphatic rings. The van der Waals surface area contributed by atoms with Crippen LogP contribution in [0.15, 0.2) is 42.5 Å². The summed E-state index contributed by atoms with van der Waals surface area (Å²) in [5.41, 5.74) is 8.56. The van der Waals surface area contributed by atoms with Gasteiger partial charge in [-0.2, -0.15) is 0 Å². The molecule has 2 aromatic carbocycles. The van der Waals surface area contributed by atoms with Gasteiger partial charge in [0.2, 0.25) is 0 Å². The Morgan fingerprint density at radius 2 is 1.86 bits per heavy atom. The van der Waals surface area contributed by atoms with E-state index < -0.39 is 5.41 Å². The van der Waals surface area contributed by atoms with Gasteiger partial charge >= 0.3 is 0 Å². The Kier molecular flexibility index (Phi) is 3.20. The number of benzene rings is 2. The van der Waals surface area contributed by atoms with Gasteiger partial charge in [0.15, 0.2) is 5.78 Å². The van der Waals surface area contributed by atoms with Crippen LogP contribution >= 0.6 is 0 Å². The van der Waals surface area contributed by atoms with Crippen LogP contribution in [0.2, 0.25) is 0 Å². The summed E-state index contributed by atoms with van der Waals surface area (Å²) in [5, 5.41) is 0. The molecule has 0 amide bonds. The minimum atomic E-state index is -0.616. The lowest BCUT2D eigenvalue weighted by atomic mass is 9.77. The lowest BCUT2D eigenvalue weighted by Crippen LogP contribution is -2.29. The summed E-state index contributed by atoms with van der Waals surface area (Å²) >= 11 is 0. The number of nitrogen functional groups attached to an aromatic ring is 1. The normalized spacial score (nSPS) is 13.6. The molecule has 108 valence electrons. The first-order chi connectivity index (χ1) is 10.00. The fourth-order valence-corrected chi connectivity index (χ4v) is 2.76. The molecule has 1 heterocycles. The molecule has 0 atom stereocenters. The standard InChI is InChI=1S/C18H19NO2/c1-18(2,13-6-8-14(19)9-7-13)17(20)15-5-3-4-12-10-11-21-16(12)15/h3-9H,10-11,19H2,1-2H3. The van der Waals surface area contributed by atoms with Gasteiger partial charge in [-0.05, 0) is 43.2 Å². The molecule has 0 fully saturated rings. The zero-order valence-electron chi connectivity index (χ0n) is 12.3. The lowest BCUT2D eigenvalue weighted by molar-refractivity contribution is 0.0905. The first kappa shape index (κ1) is 13.7. The van der Waals surface area contributed by atoms with Crippen LogP contribution in [-0.2, 0) is 11.8 Å². The Morgan fingerprint density at radius 1 is 1.14 bits per heavy atom. The van der Waals surface area contributed by atoms with Crippen LogP contribution in [0.1, 0.15) is 35.3 Å². The van der Waals surface area contributed by atoms with Crippen molar-refractivity contribution in [3.05, 3.63) is 59.2 Å². The lowest BCUT2D eigenvalue weighted by Gasteiger charge is -2.24. The van der Waals surface area contributed by atoms with Crippen molar-refractivity contribution >= 4 is 11.5 Å². The third-order valence-corrected chi connectivity index (χ3v) is 4.16. The molecule has 0 aromatic heterocycles. The number of ether oxygens (including phenoxy) is 1. The maximum Gasteiger partial charge on any atom is 0.176 e. The van der Waals surface area contributed by atoms with Crippen LogP contribution in [0.25, 0.3) is 0 Å². The molecule has 3 rings (SSSR count). The number of carbonyl (C=O) groups is 1. The highest BCUT2D eigenvalue weighted by Gasteiger charge is 2.33. The van der Waals surface area contributed by atoms with Gasteiger partial charge < -0.3 is 10.5 Å². The number of para-hydroxylation sites is 1. The second-order valence-electron chi connectivity index (χ2n) is 5.97. The predicted octanol–water partition coefficient (Wildman–Crippen LogP) is 3.36. The number of hydrogen-bond donors (Lipinski definition) is 1. The van der Waals surface area contributed by atoms with E-state index in [1.165, 1.54) is 0 Å². The van der Waals surface area contributed by atoms with Crippen molar-refractivity contribution in [2.75, 3.05) is 12.3 Å². The van der Waals surface area contributed by atoms with E-state index in [1.54, 1.807) is 0 Å². The van der Waals surface area contributed by atoms with Crippen LogP contribution in [0.4, 0.5) is 5.69 Å². The van der Waals surface area contributed by atoms with Gasteiger partial charge in [0.25, 0.3) is 0 Å². The van der Waals surface area contributed by atoms with Gasteiger partial charge in [-0.1, -0.05) is 24.3 Å². The van der Waals surface area contributed by atoms with Gasteiger partial charge in [0.05, 0.1) is 17.6 Å². The van der Waals surface area contributed by atoms with Crippen molar-refractivity contribution < 1.29 is 9.53 Å². The first-order valence-corrected chi connectivity index (χ1v) is 7.15. The first-order valence-electron chi connectivity index (χ1n) is 7.15. The largest absolute Gasteiger partial charge is 0.492 e. The zero-order valence-corrected chi connectivity index (χ0v) is 12.3. The molecule has 0 saturated heterocycles. The predicted molar refractivity (Wildman–Crippen MR) is 83.9 cm³/mol. The third kappa shape index (κ3) is 2.29. The van der Waals surface area contributed by atoms with Crippen molar-refractivity contribution in [2.24, 2.45) is 0 Å². The highest BCUT2D eigenvalue weighted by molar-refractivity contribution is 6.06. The van der Waals surface area contributed by atoms with Gasteiger partial charge in [0.1, 0.15) is 5.75 Å². The topological polar surface area (TPSA) is 52.3 Å². The van der Waals surface area contributed by atoms with Crippen molar-refractivity contribution in [3.63, 3.8) is 0 Å². The van der Waals surface area contributed by atoms with Crippen LogP contribution in [0.5, 0.6) is 5.75 Å². The molecular formula is C18H19NO2. The van der Waals surface area contributed by atoms with Crippen molar-refractivity contribution in [1.82, 2.24) is 0 Å². The summed E-state index contributed by atoms with van der Waals surface area (Å²) in [6.45, 7) is 4.53. The fraction of sp³-hybridized carbons (Fsp3) is 0.278. The zero-order chi connectivity index (χ0) is 15.0. The van der Waals surface area contributed by atoms with Crippen LogP contribution in [-0.4, -0.2) is 12.4 Å². The smallest absolute Gasteiger partial charge is 0.176 e. The molecule has 0 bridgehead atoms. The summed E-state index contributed by atoms with van der Waals surface area (Å²) in [6.07, 6.45) is 0.874. The minimum Gasteiger partial charge on any atom is -0.492 e. The molecule has 0 aliphatic carbocycles. The second-order valence-corrected chi connectivity index (χ2v) is 5.97. The Labute approximate surface area is 124 Å². The maximum atomic E-state index is 13.0. The highest BCUT2D eigenvalue weighted by Crippen LogP contribution is 2.35. The van der Waals surface area contributed by atoms with Crippen molar-refractivity contribution in [2.45, 2.75) is 25.7 Å². The second kappa shape index (κ2) is 4.92. The number of Topliss-reactive ketones (excluding diaryl/α,β-unsaturated/α-hetero) is 1. The molecule has 3 heteroatoms. The Morgan fingerprint density at radius 3 is 2.57 bits per heavy atom. The monoisotopic (exact) mass is 281 g/mol. The van der Waals surface area contributed by atoms with E-state index >= 15 is 0 Å². The summed E-state index contributed by atoms with van der Waals surface area (Å²) < 4.78 is 5.66. The Bertz CT molecular complexity index is 687. The average Bonchev–Trinajstić information content (AvgIpc) is 2.95. The molecule has 0 unspecified atom stereocenters. The van der Waals surface area contributed by atoms with Crippen molar-refractivity contribution in [1.29, 1.82) is 0 Å². The summed E-state index contributed by atoms with van der Waals surface area (Å²) in [6, 6.07) is 13.3. The SMILES string of the molecule is CC(C)(C(=O)c1cccc2c1OCC2)c1ccc(N)cc1. The number of nitrogens with two attached hydrogens (primary N) is 1. The molecule has 0 saturated carbocycles. The minimum absolute atomic E-state index is 0.0750. The van der Waals surface area contributed by atoms with Gasteiger partial charge in [-0.15, -0.1) is 0 Å². The van der Waals surface area contributed by atoms with E-state index in [0.717, 1.165) is 23.3 Å². The van der Waals surface area contributed by atoms with Crippen LogP contribution < -0.4 is 10.5 Å². The van der Waals surface area contributed by atoms with E-state index in [-0.39, 0.29) is 5.78 Å². The molecule has 0 spiro atoms. The van der Waals surface area contributed by atoms with E-state index in [0.29, 0.717) is 17.9 Å². The number of ketones is 1. The van der Waals surface area contributed by atoms with E-state index in [4.69, 9.17) is 10.5 Å². The maximum absolute atomic E-state index is 13.0.